The van der Waals surface area contributed by atoms with E-state index in [9.17, 15) is 0 Å². The average Bonchev–Trinajstić information content (AvgIpc) is 2.57. The summed E-state index contributed by atoms with van der Waals surface area (Å²) in [5.41, 5.74) is 8.55. The normalized spacial score (nSPS) is 19.1. The van der Waals surface area contributed by atoms with Crippen LogP contribution in [0.1, 0.15) is 23.6 Å². The number of hydrogen-bond acceptors (Lipinski definition) is 2. The molecule has 2 rings (SSSR count). The van der Waals surface area contributed by atoms with Crippen LogP contribution in [0.5, 0.6) is 5.75 Å². The van der Waals surface area contributed by atoms with E-state index in [-0.39, 0.29) is 6.04 Å². The van der Waals surface area contributed by atoms with Crippen LogP contribution >= 0.6 is 0 Å². The molecule has 1 aliphatic rings. The fraction of sp³-hybridized carbons (Fsp3) is 0.333. The van der Waals surface area contributed by atoms with Crippen LogP contribution in [0.2, 0.25) is 0 Å². The summed E-state index contributed by atoms with van der Waals surface area (Å²) in [6.07, 6.45) is 3.88. The predicted molar refractivity (Wildman–Crippen MR) is 57.4 cm³/mol. The highest BCUT2D eigenvalue weighted by atomic mass is 16.5. The topological polar surface area (TPSA) is 35.2 Å². The van der Waals surface area contributed by atoms with Crippen LogP contribution in [0.25, 0.3) is 0 Å². The minimum atomic E-state index is 0.221. The molecule has 1 atom stereocenters. The molecule has 0 saturated carbocycles. The SMILES string of the molecule is C=CCOc1ccc2c(c1)CC[C@H]2N. The molecular formula is C12H15NO. The van der Waals surface area contributed by atoms with Crippen LogP contribution in [-0.2, 0) is 6.42 Å². The summed E-state index contributed by atoms with van der Waals surface area (Å²) in [6.45, 7) is 4.18. The summed E-state index contributed by atoms with van der Waals surface area (Å²) >= 11 is 0. The van der Waals surface area contributed by atoms with Gasteiger partial charge >= 0.3 is 0 Å². The standard InChI is InChI=1S/C12H15NO/c1-2-7-14-10-4-5-11-9(8-10)3-6-12(11)13/h2,4-5,8,12H,1,3,6-7,13H2/t12-/m1/s1. The van der Waals surface area contributed by atoms with Crippen LogP contribution < -0.4 is 10.5 Å². The monoisotopic (exact) mass is 189 g/mol. The third kappa shape index (κ3) is 1.66. The summed E-state index contributed by atoms with van der Waals surface area (Å²) in [5, 5.41) is 0. The first kappa shape index (κ1) is 9.28. The molecular weight excluding hydrogens is 174 g/mol. The van der Waals surface area contributed by atoms with Gasteiger partial charge in [-0.25, -0.2) is 0 Å². The Morgan fingerprint density at radius 3 is 3.21 bits per heavy atom. The highest BCUT2D eigenvalue weighted by molar-refractivity contribution is 5.40. The van der Waals surface area contributed by atoms with E-state index in [1.165, 1.54) is 11.1 Å². The fourth-order valence-electron chi connectivity index (χ4n) is 1.87. The Morgan fingerprint density at radius 1 is 1.57 bits per heavy atom. The van der Waals surface area contributed by atoms with E-state index in [0.717, 1.165) is 18.6 Å². The molecule has 1 aromatic carbocycles. The van der Waals surface area contributed by atoms with Gasteiger partial charge in [-0.1, -0.05) is 18.7 Å². The maximum Gasteiger partial charge on any atom is 0.120 e. The Bertz CT molecular complexity index is 346. The van der Waals surface area contributed by atoms with Gasteiger partial charge in [0, 0.05) is 6.04 Å². The Kier molecular flexibility index (Phi) is 2.55. The van der Waals surface area contributed by atoms with E-state index in [0.29, 0.717) is 6.61 Å². The second kappa shape index (κ2) is 3.84. The van der Waals surface area contributed by atoms with E-state index in [1.807, 2.05) is 6.07 Å². The molecule has 0 saturated heterocycles. The molecule has 0 heterocycles. The number of nitrogens with two attached hydrogens (primary N) is 1. The van der Waals surface area contributed by atoms with Gasteiger partial charge in [-0.05, 0) is 36.1 Å². The van der Waals surface area contributed by atoms with Gasteiger partial charge in [0.1, 0.15) is 12.4 Å². The molecule has 2 heteroatoms. The number of aryl methyl sites for hydroxylation is 1. The Balaban J connectivity index is 2.19. The highest BCUT2D eigenvalue weighted by Crippen LogP contribution is 2.31. The molecule has 0 radical (unpaired) electrons. The van der Waals surface area contributed by atoms with E-state index < -0.39 is 0 Å². The van der Waals surface area contributed by atoms with Gasteiger partial charge in [0.15, 0.2) is 0 Å². The molecule has 0 bridgehead atoms. The minimum absolute atomic E-state index is 0.221. The van der Waals surface area contributed by atoms with Crippen molar-refractivity contribution in [3.63, 3.8) is 0 Å². The van der Waals surface area contributed by atoms with Crippen LogP contribution in [0.4, 0.5) is 0 Å². The van der Waals surface area contributed by atoms with Crippen LogP contribution in [0.3, 0.4) is 0 Å². The molecule has 0 unspecified atom stereocenters. The van der Waals surface area contributed by atoms with Crippen molar-refractivity contribution in [1.82, 2.24) is 0 Å². The maximum absolute atomic E-state index is 5.94. The summed E-state index contributed by atoms with van der Waals surface area (Å²) < 4.78 is 5.46. The second-order valence-corrected chi connectivity index (χ2v) is 3.61. The minimum Gasteiger partial charge on any atom is -0.490 e. The lowest BCUT2D eigenvalue weighted by atomic mass is 10.1. The van der Waals surface area contributed by atoms with Crippen molar-refractivity contribution < 1.29 is 4.74 Å². The third-order valence-electron chi connectivity index (χ3n) is 2.61. The van der Waals surface area contributed by atoms with Crippen molar-refractivity contribution in [2.75, 3.05) is 6.61 Å². The lowest BCUT2D eigenvalue weighted by Gasteiger charge is -2.07. The summed E-state index contributed by atoms with van der Waals surface area (Å²) in [6, 6.07) is 6.36. The van der Waals surface area contributed by atoms with Crippen molar-refractivity contribution in [3.8, 4) is 5.75 Å². The molecule has 0 aliphatic heterocycles. The molecule has 0 amide bonds. The number of ether oxygens (including phenoxy) is 1. The van der Waals surface area contributed by atoms with Crippen molar-refractivity contribution in [3.05, 3.63) is 42.0 Å². The van der Waals surface area contributed by atoms with Gasteiger partial charge in [0.25, 0.3) is 0 Å². The molecule has 0 spiro atoms. The Hall–Kier alpha value is -1.28. The van der Waals surface area contributed by atoms with Gasteiger partial charge < -0.3 is 10.5 Å². The first-order valence-corrected chi connectivity index (χ1v) is 4.93. The summed E-state index contributed by atoms with van der Waals surface area (Å²) in [7, 11) is 0. The summed E-state index contributed by atoms with van der Waals surface area (Å²) in [4.78, 5) is 0. The summed E-state index contributed by atoms with van der Waals surface area (Å²) in [5.74, 6) is 0.915. The van der Waals surface area contributed by atoms with Crippen molar-refractivity contribution >= 4 is 0 Å². The maximum atomic E-state index is 5.94. The van der Waals surface area contributed by atoms with Crippen molar-refractivity contribution in [1.29, 1.82) is 0 Å². The molecule has 74 valence electrons. The molecule has 14 heavy (non-hydrogen) atoms. The number of hydrogen-bond donors (Lipinski definition) is 1. The zero-order valence-electron chi connectivity index (χ0n) is 8.20. The molecule has 2 N–H and O–H groups in total. The van der Waals surface area contributed by atoms with Gasteiger partial charge in [0.2, 0.25) is 0 Å². The molecule has 1 aliphatic carbocycles. The van der Waals surface area contributed by atoms with E-state index in [2.05, 4.69) is 18.7 Å². The first-order chi connectivity index (χ1) is 6.81. The zero-order valence-corrected chi connectivity index (χ0v) is 8.20. The first-order valence-electron chi connectivity index (χ1n) is 4.93. The Morgan fingerprint density at radius 2 is 2.43 bits per heavy atom. The highest BCUT2D eigenvalue weighted by Gasteiger charge is 2.18. The third-order valence-corrected chi connectivity index (χ3v) is 2.61. The van der Waals surface area contributed by atoms with Crippen LogP contribution in [-0.4, -0.2) is 6.61 Å². The number of fused-ring (bicyclic) bond motifs is 1. The van der Waals surface area contributed by atoms with Crippen LogP contribution in [0.15, 0.2) is 30.9 Å². The molecule has 0 aromatic heterocycles. The van der Waals surface area contributed by atoms with E-state index in [1.54, 1.807) is 6.08 Å². The van der Waals surface area contributed by atoms with Gasteiger partial charge in [-0.15, -0.1) is 0 Å². The van der Waals surface area contributed by atoms with E-state index >= 15 is 0 Å². The number of rotatable bonds is 3. The van der Waals surface area contributed by atoms with Crippen molar-refractivity contribution in [2.24, 2.45) is 5.73 Å². The van der Waals surface area contributed by atoms with E-state index in [4.69, 9.17) is 10.5 Å². The largest absolute Gasteiger partial charge is 0.490 e. The van der Waals surface area contributed by atoms with Gasteiger partial charge in [-0.3, -0.25) is 0 Å². The van der Waals surface area contributed by atoms with Crippen LogP contribution in [0, 0.1) is 0 Å². The molecule has 0 fully saturated rings. The van der Waals surface area contributed by atoms with Crippen molar-refractivity contribution in [2.45, 2.75) is 18.9 Å². The fourth-order valence-corrected chi connectivity index (χ4v) is 1.87. The lowest BCUT2D eigenvalue weighted by Crippen LogP contribution is -2.04. The smallest absolute Gasteiger partial charge is 0.120 e. The molecule has 1 aromatic rings. The quantitative estimate of drug-likeness (QED) is 0.740. The molecule has 2 nitrogen and oxygen atoms in total. The van der Waals surface area contributed by atoms with Gasteiger partial charge in [0.05, 0.1) is 0 Å². The Labute approximate surface area is 84.4 Å². The van der Waals surface area contributed by atoms with Gasteiger partial charge in [-0.2, -0.15) is 0 Å². The zero-order chi connectivity index (χ0) is 9.97. The lowest BCUT2D eigenvalue weighted by molar-refractivity contribution is 0.363. The second-order valence-electron chi connectivity index (χ2n) is 3.61. The average molecular weight is 189 g/mol. The predicted octanol–water partition coefficient (Wildman–Crippen LogP) is 2.20. The number of benzene rings is 1.